The molecule has 0 aromatic carbocycles. The topological polar surface area (TPSA) is 40.6 Å². The molecule has 0 bridgehead atoms. The molecule has 0 spiro atoms. The van der Waals surface area contributed by atoms with E-state index in [1.165, 1.54) is 19.3 Å². The van der Waals surface area contributed by atoms with Crippen molar-refractivity contribution in [3.05, 3.63) is 0 Å². The Bertz CT molecular complexity index is 372. The van der Waals surface area contributed by atoms with Gasteiger partial charge in [-0.15, -0.1) is 0 Å². The minimum Gasteiger partial charge on any atom is -0.310 e. The molecule has 1 atom stereocenters. The fourth-order valence-electron chi connectivity index (χ4n) is 3.37. The van der Waals surface area contributed by atoms with E-state index in [1.54, 1.807) is 4.57 Å². The molecular formula is C14H26N2O2Si. The number of carbonyl (C=O) groups is 2. The summed E-state index contributed by atoms with van der Waals surface area (Å²) in [4.78, 5) is 27.2. The lowest BCUT2D eigenvalue weighted by Crippen LogP contribution is -2.51. The van der Waals surface area contributed by atoms with E-state index in [-0.39, 0.29) is 24.0 Å². The number of urea groups is 1. The highest BCUT2D eigenvalue weighted by Gasteiger charge is 2.51. The fraction of sp³-hybridized carbons (Fsp3) is 0.857. The summed E-state index contributed by atoms with van der Waals surface area (Å²) in [7, 11) is -1.92. The van der Waals surface area contributed by atoms with Crippen molar-refractivity contribution in [1.29, 1.82) is 0 Å². The van der Waals surface area contributed by atoms with E-state index < -0.39 is 8.24 Å². The van der Waals surface area contributed by atoms with E-state index in [1.807, 2.05) is 11.8 Å². The summed E-state index contributed by atoms with van der Waals surface area (Å²) in [5.41, 5.74) is 0. The van der Waals surface area contributed by atoms with Crippen LogP contribution in [0.2, 0.25) is 19.6 Å². The molecule has 108 valence electrons. The molecule has 1 aliphatic carbocycles. The number of nitrogens with zero attached hydrogens (tertiary/aromatic N) is 2. The highest BCUT2D eigenvalue weighted by atomic mass is 28.3. The number of hydrogen-bond acceptors (Lipinski definition) is 2. The normalized spacial score (nSPS) is 26.4. The van der Waals surface area contributed by atoms with Gasteiger partial charge in [0.15, 0.2) is 8.24 Å². The second kappa shape index (κ2) is 5.27. The Morgan fingerprint density at radius 1 is 1.11 bits per heavy atom. The molecule has 1 saturated carbocycles. The highest BCUT2D eigenvalue weighted by molar-refractivity contribution is 6.78. The van der Waals surface area contributed by atoms with Gasteiger partial charge in [-0.2, -0.15) is 0 Å². The van der Waals surface area contributed by atoms with E-state index in [2.05, 4.69) is 19.6 Å². The first-order valence-electron chi connectivity index (χ1n) is 7.54. The van der Waals surface area contributed by atoms with Crippen molar-refractivity contribution < 1.29 is 9.59 Å². The second-order valence-corrected chi connectivity index (χ2v) is 11.5. The van der Waals surface area contributed by atoms with Gasteiger partial charge in [0.2, 0.25) is 5.91 Å². The maximum absolute atomic E-state index is 12.7. The Balaban J connectivity index is 2.27. The van der Waals surface area contributed by atoms with Crippen LogP contribution in [0.3, 0.4) is 0 Å². The van der Waals surface area contributed by atoms with Crippen LogP contribution in [0, 0.1) is 0 Å². The molecule has 5 heteroatoms. The SMILES string of the molecule is CCC1C(=O)N([Si](C)(C)C)C(=O)N1C1CCCCC1. The van der Waals surface area contributed by atoms with E-state index >= 15 is 0 Å². The first kappa shape index (κ1) is 14.6. The van der Waals surface area contributed by atoms with Crippen molar-refractivity contribution in [2.45, 2.75) is 77.2 Å². The van der Waals surface area contributed by atoms with Crippen molar-refractivity contribution in [3.63, 3.8) is 0 Å². The first-order chi connectivity index (χ1) is 8.88. The monoisotopic (exact) mass is 282 g/mol. The van der Waals surface area contributed by atoms with Crippen molar-refractivity contribution in [2.24, 2.45) is 0 Å². The van der Waals surface area contributed by atoms with Crippen molar-refractivity contribution in [1.82, 2.24) is 9.47 Å². The second-order valence-electron chi connectivity index (χ2n) is 6.75. The molecule has 2 aliphatic rings. The Morgan fingerprint density at radius 3 is 2.16 bits per heavy atom. The van der Waals surface area contributed by atoms with Crippen molar-refractivity contribution >= 4 is 20.2 Å². The van der Waals surface area contributed by atoms with Gasteiger partial charge in [-0.05, 0) is 19.3 Å². The van der Waals surface area contributed by atoms with Gasteiger partial charge < -0.3 is 4.90 Å². The summed E-state index contributed by atoms with van der Waals surface area (Å²) in [6.07, 6.45) is 6.51. The van der Waals surface area contributed by atoms with Crippen LogP contribution in [0.1, 0.15) is 45.4 Å². The zero-order valence-corrected chi connectivity index (χ0v) is 13.6. The van der Waals surface area contributed by atoms with E-state index in [0.29, 0.717) is 0 Å². The molecule has 1 aliphatic heterocycles. The third kappa shape index (κ3) is 2.57. The third-order valence-electron chi connectivity index (χ3n) is 4.28. The molecule has 1 heterocycles. The average Bonchev–Trinajstić information content (AvgIpc) is 2.60. The standard InChI is InChI=1S/C14H26N2O2Si/c1-5-12-13(17)16(19(2,3)4)14(18)15(12)11-9-7-6-8-10-11/h11-12H,5-10H2,1-4H3. The van der Waals surface area contributed by atoms with Crippen LogP contribution in [0.15, 0.2) is 0 Å². The number of carbonyl (C=O) groups excluding carboxylic acids is 2. The number of rotatable bonds is 3. The quantitative estimate of drug-likeness (QED) is 0.589. The molecule has 0 radical (unpaired) electrons. The van der Waals surface area contributed by atoms with Crippen LogP contribution in [-0.2, 0) is 4.79 Å². The molecule has 2 fully saturated rings. The van der Waals surface area contributed by atoms with Gasteiger partial charge in [-0.25, -0.2) is 4.79 Å². The minimum absolute atomic E-state index is 0.0112. The molecule has 19 heavy (non-hydrogen) atoms. The van der Waals surface area contributed by atoms with Gasteiger partial charge in [0, 0.05) is 6.04 Å². The number of imide groups is 1. The summed E-state index contributed by atoms with van der Waals surface area (Å²) in [5, 5.41) is 0. The first-order valence-corrected chi connectivity index (χ1v) is 11.0. The minimum atomic E-state index is -1.92. The van der Waals surface area contributed by atoms with Crippen molar-refractivity contribution in [3.8, 4) is 0 Å². The fourth-order valence-corrected chi connectivity index (χ4v) is 4.87. The molecule has 1 saturated heterocycles. The maximum Gasteiger partial charge on any atom is 0.319 e. The van der Waals surface area contributed by atoms with Gasteiger partial charge in [0.05, 0.1) is 0 Å². The van der Waals surface area contributed by atoms with Crippen LogP contribution in [0.25, 0.3) is 0 Å². The molecular weight excluding hydrogens is 256 g/mol. The summed E-state index contributed by atoms with van der Waals surface area (Å²) < 4.78 is 1.61. The Hall–Kier alpha value is -0.843. The lowest BCUT2D eigenvalue weighted by molar-refractivity contribution is -0.126. The van der Waals surface area contributed by atoms with Crippen LogP contribution in [0.5, 0.6) is 0 Å². The molecule has 2 rings (SSSR count). The van der Waals surface area contributed by atoms with Crippen LogP contribution in [-0.4, -0.2) is 41.7 Å². The number of hydrogen-bond donors (Lipinski definition) is 0. The van der Waals surface area contributed by atoms with Gasteiger partial charge in [0.25, 0.3) is 0 Å². The lowest BCUT2D eigenvalue weighted by atomic mass is 9.93. The molecule has 0 N–H and O–H groups in total. The van der Waals surface area contributed by atoms with Crippen molar-refractivity contribution in [2.75, 3.05) is 0 Å². The summed E-state index contributed by atoms with van der Waals surface area (Å²) in [5.74, 6) is 0.0530. The van der Waals surface area contributed by atoms with Crippen LogP contribution in [0.4, 0.5) is 4.79 Å². The predicted octanol–water partition coefficient (Wildman–Crippen LogP) is 3.20. The zero-order valence-electron chi connectivity index (χ0n) is 12.6. The smallest absolute Gasteiger partial charge is 0.310 e. The molecule has 1 unspecified atom stereocenters. The van der Waals surface area contributed by atoms with Gasteiger partial charge in [-0.3, -0.25) is 9.36 Å². The average molecular weight is 282 g/mol. The molecule has 0 aromatic heterocycles. The Kier molecular flexibility index (Phi) is 4.04. The molecule has 0 aromatic rings. The summed E-state index contributed by atoms with van der Waals surface area (Å²) in [6.45, 7) is 8.22. The number of amides is 3. The molecule has 4 nitrogen and oxygen atoms in total. The van der Waals surface area contributed by atoms with Crippen LogP contribution >= 0.6 is 0 Å². The largest absolute Gasteiger partial charge is 0.319 e. The third-order valence-corrected chi connectivity index (χ3v) is 6.03. The van der Waals surface area contributed by atoms with Gasteiger partial charge in [0.1, 0.15) is 6.04 Å². The zero-order chi connectivity index (χ0) is 14.2. The summed E-state index contributed by atoms with van der Waals surface area (Å²) >= 11 is 0. The Labute approximate surface area is 117 Å². The van der Waals surface area contributed by atoms with E-state index in [0.717, 1.165) is 19.3 Å². The van der Waals surface area contributed by atoms with Gasteiger partial charge >= 0.3 is 6.03 Å². The maximum atomic E-state index is 12.7. The van der Waals surface area contributed by atoms with Gasteiger partial charge in [-0.1, -0.05) is 45.8 Å². The molecule has 3 amide bonds. The summed E-state index contributed by atoms with van der Waals surface area (Å²) in [6, 6.07) is 0.0711. The van der Waals surface area contributed by atoms with E-state index in [4.69, 9.17) is 0 Å². The predicted molar refractivity (Wildman–Crippen MR) is 78.4 cm³/mol. The highest BCUT2D eigenvalue weighted by Crippen LogP contribution is 2.32. The Morgan fingerprint density at radius 2 is 1.68 bits per heavy atom. The van der Waals surface area contributed by atoms with Crippen LogP contribution < -0.4 is 0 Å². The van der Waals surface area contributed by atoms with E-state index in [9.17, 15) is 9.59 Å². The lowest BCUT2D eigenvalue weighted by Gasteiger charge is -2.34.